The predicted octanol–water partition coefficient (Wildman–Crippen LogP) is 7.97. The van der Waals surface area contributed by atoms with E-state index in [0.717, 1.165) is 32.2 Å². The number of rotatable bonds is 20. The van der Waals surface area contributed by atoms with Crippen molar-refractivity contribution >= 4 is 0 Å². The highest BCUT2D eigenvalue weighted by molar-refractivity contribution is 4.91. The van der Waals surface area contributed by atoms with Crippen LogP contribution in [0.2, 0.25) is 0 Å². The molecule has 2 fully saturated rings. The molecule has 2 unspecified atom stereocenters. The first kappa shape index (κ1) is 25.7. The molecule has 3 nitrogen and oxygen atoms in total. The maximum Gasteiger partial charge on any atom is 0.104 e. The Hall–Kier alpha value is -0.540. The maximum atomic E-state index is 6.82. The summed E-state index contributed by atoms with van der Waals surface area (Å²) in [6.07, 6.45) is 26.0. The Morgan fingerprint density at radius 1 is 0.867 bits per heavy atom. The van der Waals surface area contributed by atoms with Gasteiger partial charge in [0.2, 0.25) is 0 Å². The zero-order valence-electron chi connectivity index (χ0n) is 20.0. The molecular weight excluding hydrogens is 372 g/mol. The fraction of sp³-hybridized carbons (Fsp3) is 0.926. The van der Waals surface area contributed by atoms with E-state index in [2.05, 4.69) is 13.5 Å². The summed E-state index contributed by atoms with van der Waals surface area (Å²) in [5.41, 5.74) is 0.121. The minimum absolute atomic E-state index is 0.121. The van der Waals surface area contributed by atoms with Crippen LogP contribution in [0.3, 0.4) is 0 Å². The van der Waals surface area contributed by atoms with Crippen molar-refractivity contribution in [3.05, 3.63) is 12.8 Å². The highest BCUT2D eigenvalue weighted by atomic mass is 16.6. The highest BCUT2D eigenvalue weighted by Gasteiger charge is 2.40. The van der Waals surface area contributed by atoms with Crippen LogP contribution in [0.25, 0.3) is 0 Å². The quantitative estimate of drug-likeness (QED) is 0.113. The zero-order valence-corrected chi connectivity index (χ0v) is 20.0. The molecule has 1 heterocycles. The molecule has 0 amide bonds. The molecule has 0 radical (unpaired) electrons. The van der Waals surface area contributed by atoms with Crippen LogP contribution in [0.1, 0.15) is 122 Å². The third-order valence-corrected chi connectivity index (χ3v) is 7.24. The van der Waals surface area contributed by atoms with Gasteiger partial charge in [-0.05, 0) is 38.0 Å². The van der Waals surface area contributed by atoms with Crippen LogP contribution in [0.15, 0.2) is 12.8 Å². The van der Waals surface area contributed by atoms with E-state index in [0.29, 0.717) is 6.10 Å². The number of epoxide rings is 1. The topological polar surface area (TPSA) is 31.0 Å². The van der Waals surface area contributed by atoms with Gasteiger partial charge in [-0.15, -0.1) is 0 Å². The predicted molar refractivity (Wildman–Crippen MR) is 127 cm³/mol. The van der Waals surface area contributed by atoms with E-state index in [1.165, 1.54) is 109 Å². The fourth-order valence-electron chi connectivity index (χ4n) is 5.28. The number of hydrogen-bond acceptors (Lipinski definition) is 3. The molecule has 1 saturated heterocycles. The van der Waals surface area contributed by atoms with Gasteiger partial charge in [-0.3, -0.25) is 0 Å². The van der Waals surface area contributed by atoms with Gasteiger partial charge < -0.3 is 14.2 Å². The van der Waals surface area contributed by atoms with Crippen LogP contribution < -0.4 is 0 Å². The lowest BCUT2D eigenvalue weighted by Crippen LogP contribution is -2.43. The van der Waals surface area contributed by atoms with Crippen LogP contribution in [-0.2, 0) is 14.2 Å². The van der Waals surface area contributed by atoms with Gasteiger partial charge in [0.1, 0.15) is 6.10 Å². The molecule has 3 heteroatoms. The highest BCUT2D eigenvalue weighted by Crippen LogP contribution is 2.42. The Kier molecular flexibility index (Phi) is 13.8. The summed E-state index contributed by atoms with van der Waals surface area (Å²) in [6.45, 7) is 8.47. The second-order valence-electron chi connectivity index (χ2n) is 9.74. The Bertz CT molecular complexity index is 414. The van der Waals surface area contributed by atoms with Crippen molar-refractivity contribution in [1.82, 2.24) is 0 Å². The minimum atomic E-state index is 0.121. The van der Waals surface area contributed by atoms with E-state index < -0.39 is 0 Å². The lowest BCUT2D eigenvalue weighted by atomic mass is 9.71. The summed E-state index contributed by atoms with van der Waals surface area (Å²) in [7, 11) is 0. The third-order valence-electron chi connectivity index (χ3n) is 7.24. The van der Waals surface area contributed by atoms with E-state index in [-0.39, 0.29) is 5.60 Å². The third kappa shape index (κ3) is 10.7. The zero-order chi connectivity index (χ0) is 21.3. The van der Waals surface area contributed by atoms with Crippen molar-refractivity contribution in [3.63, 3.8) is 0 Å². The molecule has 0 aromatic heterocycles. The number of ether oxygens (including phenoxy) is 3. The van der Waals surface area contributed by atoms with Crippen molar-refractivity contribution < 1.29 is 14.2 Å². The summed E-state index contributed by atoms with van der Waals surface area (Å²) < 4.78 is 17.5. The van der Waals surface area contributed by atoms with E-state index in [1.54, 1.807) is 6.26 Å². The smallest absolute Gasteiger partial charge is 0.104 e. The van der Waals surface area contributed by atoms with Gasteiger partial charge in [0.25, 0.3) is 0 Å². The van der Waals surface area contributed by atoms with Crippen LogP contribution in [0.5, 0.6) is 0 Å². The van der Waals surface area contributed by atoms with Crippen molar-refractivity contribution in [2.24, 2.45) is 5.92 Å². The van der Waals surface area contributed by atoms with Gasteiger partial charge in [-0.2, -0.15) is 0 Å². The standard InChI is InChI=1S/C27H50O3/c1-3-5-6-9-15-20-27(30-24-26-23-29-26,25-18-13-12-14-19-25)21-16-10-7-8-11-17-22-28-4-2/h4,25-26H,2-3,5-24H2,1H3. The van der Waals surface area contributed by atoms with Crippen molar-refractivity contribution in [3.8, 4) is 0 Å². The monoisotopic (exact) mass is 422 g/mol. The molecule has 1 aliphatic carbocycles. The lowest BCUT2D eigenvalue weighted by Gasteiger charge is -2.43. The van der Waals surface area contributed by atoms with E-state index in [1.807, 2.05) is 0 Å². The van der Waals surface area contributed by atoms with Crippen LogP contribution in [0, 0.1) is 5.92 Å². The van der Waals surface area contributed by atoms with E-state index in [4.69, 9.17) is 14.2 Å². The van der Waals surface area contributed by atoms with Crippen LogP contribution in [-0.4, -0.2) is 31.5 Å². The molecule has 0 aromatic rings. The first-order chi connectivity index (χ1) is 14.8. The van der Waals surface area contributed by atoms with E-state index >= 15 is 0 Å². The first-order valence-electron chi connectivity index (χ1n) is 13.3. The summed E-state index contributed by atoms with van der Waals surface area (Å²) >= 11 is 0. The molecule has 0 bridgehead atoms. The SMILES string of the molecule is C=COCCCCCCCCC(CCCCCCC)(OCC1CO1)C1CCCCC1. The number of unbranched alkanes of at least 4 members (excludes halogenated alkanes) is 9. The molecule has 1 aliphatic heterocycles. The molecule has 2 atom stereocenters. The summed E-state index contributed by atoms with van der Waals surface area (Å²) in [4.78, 5) is 0. The molecule has 2 rings (SSSR count). The molecule has 0 spiro atoms. The van der Waals surface area contributed by atoms with E-state index in [9.17, 15) is 0 Å². The second-order valence-corrected chi connectivity index (χ2v) is 9.74. The van der Waals surface area contributed by atoms with Gasteiger partial charge in [-0.25, -0.2) is 0 Å². The Morgan fingerprint density at radius 2 is 1.47 bits per heavy atom. The van der Waals surface area contributed by atoms with Crippen molar-refractivity contribution in [2.45, 2.75) is 134 Å². The van der Waals surface area contributed by atoms with Gasteiger partial charge in [0.15, 0.2) is 0 Å². The maximum absolute atomic E-state index is 6.82. The van der Waals surface area contributed by atoms with Gasteiger partial charge >= 0.3 is 0 Å². The minimum Gasteiger partial charge on any atom is -0.502 e. The van der Waals surface area contributed by atoms with Gasteiger partial charge in [0.05, 0.1) is 31.7 Å². The van der Waals surface area contributed by atoms with Crippen molar-refractivity contribution in [2.75, 3.05) is 19.8 Å². The molecule has 0 aromatic carbocycles. The van der Waals surface area contributed by atoms with Crippen LogP contribution in [0.4, 0.5) is 0 Å². The van der Waals surface area contributed by atoms with Crippen molar-refractivity contribution in [1.29, 1.82) is 0 Å². The second kappa shape index (κ2) is 16.1. The average molecular weight is 423 g/mol. The molecule has 0 N–H and O–H groups in total. The van der Waals surface area contributed by atoms with Gasteiger partial charge in [-0.1, -0.05) is 97.0 Å². The summed E-state index contributed by atoms with van der Waals surface area (Å²) in [5, 5.41) is 0. The summed E-state index contributed by atoms with van der Waals surface area (Å²) in [5.74, 6) is 0.771. The Morgan fingerprint density at radius 3 is 2.07 bits per heavy atom. The Labute approximate surface area is 187 Å². The Balaban J connectivity index is 1.80. The number of hydrogen-bond donors (Lipinski definition) is 0. The summed E-state index contributed by atoms with van der Waals surface area (Å²) in [6, 6.07) is 0. The lowest BCUT2D eigenvalue weighted by molar-refractivity contribution is -0.114. The molecule has 2 aliphatic rings. The largest absolute Gasteiger partial charge is 0.502 e. The molecule has 30 heavy (non-hydrogen) atoms. The van der Waals surface area contributed by atoms with Gasteiger partial charge in [0, 0.05) is 0 Å². The first-order valence-corrected chi connectivity index (χ1v) is 13.3. The fourth-order valence-corrected chi connectivity index (χ4v) is 5.28. The van der Waals surface area contributed by atoms with Crippen LogP contribution >= 0.6 is 0 Å². The molecular formula is C27H50O3. The normalized spacial score (nSPS) is 21.3. The molecule has 176 valence electrons. The average Bonchev–Trinajstić information content (AvgIpc) is 3.61. The molecule has 1 saturated carbocycles.